The fraction of sp³-hybridized carbons (Fsp3) is 0.636. The number of nitrogen functional groups attached to an aromatic ring is 1. The topological polar surface area (TPSA) is 61.0 Å². The lowest BCUT2D eigenvalue weighted by atomic mass is 10.1. The molecule has 4 nitrogen and oxygen atoms in total. The second-order valence-electron chi connectivity index (χ2n) is 7.09. The van der Waals surface area contributed by atoms with Crippen LogP contribution in [-0.2, 0) is 11.2 Å². The van der Waals surface area contributed by atoms with Gasteiger partial charge in [-0.25, -0.2) is 9.97 Å². The molecular weight excluding hydrogens is 322 g/mol. The van der Waals surface area contributed by atoms with E-state index in [4.69, 9.17) is 10.5 Å². The summed E-state index contributed by atoms with van der Waals surface area (Å²) >= 11 is 0. The zero-order valence-electron chi connectivity index (χ0n) is 16.4. The first-order valence-electron chi connectivity index (χ1n) is 10.4. The molecule has 0 radical (unpaired) electrons. The van der Waals surface area contributed by atoms with Crippen molar-refractivity contribution in [2.24, 2.45) is 0 Å². The summed E-state index contributed by atoms with van der Waals surface area (Å²) in [5.41, 5.74) is 6.99. The van der Waals surface area contributed by atoms with Gasteiger partial charge < -0.3 is 10.5 Å². The number of unbranched alkanes of at least 4 members (excludes halogenated alkanes) is 8. The van der Waals surface area contributed by atoms with Crippen LogP contribution in [0.5, 0.6) is 0 Å². The number of hydrogen-bond donors (Lipinski definition) is 1. The van der Waals surface area contributed by atoms with Crippen LogP contribution in [0.3, 0.4) is 0 Å². The van der Waals surface area contributed by atoms with Gasteiger partial charge in [0.25, 0.3) is 0 Å². The first-order valence-corrected chi connectivity index (χ1v) is 10.4. The Morgan fingerprint density at radius 2 is 1.46 bits per heavy atom. The van der Waals surface area contributed by atoms with Crippen molar-refractivity contribution >= 4 is 16.7 Å². The van der Waals surface area contributed by atoms with Gasteiger partial charge in [-0.2, -0.15) is 0 Å². The molecule has 144 valence electrons. The Hall–Kier alpha value is -1.68. The molecule has 0 saturated carbocycles. The van der Waals surface area contributed by atoms with Crippen molar-refractivity contribution in [3.05, 3.63) is 30.1 Å². The molecule has 2 rings (SSSR count). The number of aryl methyl sites for hydroxylation is 1. The van der Waals surface area contributed by atoms with Crippen LogP contribution in [0.25, 0.3) is 10.9 Å². The maximum Gasteiger partial charge on any atom is 0.135 e. The van der Waals surface area contributed by atoms with Gasteiger partial charge in [0.15, 0.2) is 0 Å². The highest BCUT2D eigenvalue weighted by atomic mass is 16.5. The van der Waals surface area contributed by atoms with E-state index in [9.17, 15) is 0 Å². The summed E-state index contributed by atoms with van der Waals surface area (Å²) in [6.45, 7) is 4.11. The van der Waals surface area contributed by atoms with Gasteiger partial charge >= 0.3 is 0 Å². The Balaban J connectivity index is 1.48. The largest absolute Gasteiger partial charge is 0.383 e. The Morgan fingerprint density at radius 3 is 2.23 bits per heavy atom. The number of rotatable bonds is 14. The lowest BCUT2D eigenvalue weighted by Crippen LogP contribution is -2.01. The lowest BCUT2D eigenvalue weighted by molar-refractivity contribution is 0.125. The summed E-state index contributed by atoms with van der Waals surface area (Å²) in [6.07, 6.45) is 13.5. The predicted molar refractivity (Wildman–Crippen MR) is 110 cm³/mol. The molecule has 1 aromatic heterocycles. The Bertz CT molecular complexity index is 630. The highest BCUT2D eigenvalue weighted by Gasteiger charge is 2.04. The van der Waals surface area contributed by atoms with Crippen molar-refractivity contribution in [1.82, 2.24) is 9.97 Å². The molecule has 0 atom stereocenters. The molecule has 0 aliphatic carbocycles. The van der Waals surface area contributed by atoms with Gasteiger partial charge in [-0.05, 0) is 31.4 Å². The van der Waals surface area contributed by atoms with Crippen LogP contribution in [0, 0.1) is 0 Å². The number of nitrogens with zero attached hydrogens (tertiary/aromatic N) is 2. The number of anilines is 1. The number of fused-ring (bicyclic) bond motifs is 1. The van der Waals surface area contributed by atoms with Crippen molar-refractivity contribution in [1.29, 1.82) is 0 Å². The van der Waals surface area contributed by atoms with Crippen LogP contribution in [-0.4, -0.2) is 23.2 Å². The van der Waals surface area contributed by atoms with E-state index in [0.717, 1.165) is 42.8 Å². The molecule has 2 N–H and O–H groups in total. The highest BCUT2D eigenvalue weighted by molar-refractivity contribution is 5.87. The van der Waals surface area contributed by atoms with Gasteiger partial charge in [0, 0.05) is 25.0 Å². The van der Waals surface area contributed by atoms with Crippen LogP contribution in [0.4, 0.5) is 5.82 Å². The molecule has 0 aliphatic rings. The monoisotopic (exact) mass is 357 g/mol. The third kappa shape index (κ3) is 7.69. The Labute approximate surface area is 158 Å². The maximum absolute atomic E-state index is 6.04. The Kier molecular flexibility index (Phi) is 10.0. The van der Waals surface area contributed by atoms with E-state index in [-0.39, 0.29) is 0 Å². The van der Waals surface area contributed by atoms with Gasteiger partial charge in [-0.1, -0.05) is 64.0 Å². The van der Waals surface area contributed by atoms with Gasteiger partial charge in [0.05, 0.1) is 5.52 Å². The SMILES string of the molecule is CCCCCCOCCCCCCCCc1nc(N)c2ccccc2n1. The zero-order valence-corrected chi connectivity index (χ0v) is 16.4. The first kappa shape index (κ1) is 20.6. The molecular formula is C22H35N3O. The number of aromatic nitrogens is 2. The average Bonchev–Trinajstić information content (AvgIpc) is 2.65. The van der Waals surface area contributed by atoms with Gasteiger partial charge in [-0.3, -0.25) is 0 Å². The minimum atomic E-state index is 0.597. The summed E-state index contributed by atoms with van der Waals surface area (Å²) in [6, 6.07) is 7.94. The van der Waals surface area contributed by atoms with Crippen molar-refractivity contribution in [2.45, 2.75) is 77.6 Å². The smallest absolute Gasteiger partial charge is 0.135 e. The average molecular weight is 358 g/mol. The van der Waals surface area contributed by atoms with Crippen molar-refractivity contribution in [2.75, 3.05) is 18.9 Å². The molecule has 0 amide bonds. The van der Waals surface area contributed by atoms with E-state index in [0.29, 0.717) is 5.82 Å². The van der Waals surface area contributed by atoms with E-state index in [1.165, 1.54) is 57.8 Å². The first-order chi connectivity index (χ1) is 12.8. The minimum Gasteiger partial charge on any atom is -0.383 e. The maximum atomic E-state index is 6.04. The highest BCUT2D eigenvalue weighted by Crippen LogP contribution is 2.18. The summed E-state index contributed by atoms with van der Waals surface area (Å²) in [7, 11) is 0. The normalized spacial score (nSPS) is 11.3. The van der Waals surface area contributed by atoms with Crippen LogP contribution >= 0.6 is 0 Å². The number of nitrogens with two attached hydrogens (primary N) is 1. The van der Waals surface area contributed by atoms with Crippen molar-refractivity contribution in [3.63, 3.8) is 0 Å². The zero-order chi connectivity index (χ0) is 18.5. The molecule has 0 aliphatic heterocycles. The van der Waals surface area contributed by atoms with Crippen molar-refractivity contribution in [3.8, 4) is 0 Å². The fourth-order valence-electron chi connectivity index (χ4n) is 3.19. The van der Waals surface area contributed by atoms with Crippen LogP contribution in [0.1, 0.15) is 77.0 Å². The van der Waals surface area contributed by atoms with E-state index >= 15 is 0 Å². The standard InChI is InChI=1S/C22H35N3O/c1-2-3-4-12-17-26-18-13-8-6-5-7-9-16-21-24-20-15-11-10-14-19(20)22(23)25-21/h10-11,14-15H,2-9,12-13,16-18H2,1H3,(H2,23,24,25). The summed E-state index contributed by atoms with van der Waals surface area (Å²) in [4.78, 5) is 9.07. The molecule has 0 bridgehead atoms. The second-order valence-corrected chi connectivity index (χ2v) is 7.09. The number of benzene rings is 1. The molecule has 4 heteroatoms. The number of para-hydroxylation sites is 1. The third-order valence-corrected chi connectivity index (χ3v) is 4.76. The van der Waals surface area contributed by atoms with Gasteiger partial charge in [-0.15, -0.1) is 0 Å². The minimum absolute atomic E-state index is 0.597. The van der Waals surface area contributed by atoms with Gasteiger partial charge in [0.1, 0.15) is 11.6 Å². The van der Waals surface area contributed by atoms with Crippen LogP contribution in [0.15, 0.2) is 24.3 Å². The van der Waals surface area contributed by atoms with Crippen LogP contribution in [0.2, 0.25) is 0 Å². The van der Waals surface area contributed by atoms with E-state index in [1.54, 1.807) is 0 Å². The summed E-state index contributed by atoms with van der Waals surface area (Å²) < 4.78 is 5.68. The third-order valence-electron chi connectivity index (χ3n) is 4.76. The molecule has 0 saturated heterocycles. The molecule has 26 heavy (non-hydrogen) atoms. The van der Waals surface area contributed by atoms with E-state index in [1.807, 2.05) is 24.3 Å². The summed E-state index contributed by atoms with van der Waals surface area (Å²) in [5.74, 6) is 1.47. The van der Waals surface area contributed by atoms with Crippen molar-refractivity contribution < 1.29 is 4.74 Å². The molecule has 0 fully saturated rings. The number of ether oxygens (including phenoxy) is 1. The summed E-state index contributed by atoms with van der Waals surface area (Å²) in [5, 5.41) is 0.948. The molecule has 1 aromatic carbocycles. The van der Waals surface area contributed by atoms with E-state index < -0.39 is 0 Å². The van der Waals surface area contributed by atoms with E-state index in [2.05, 4.69) is 16.9 Å². The molecule has 2 aromatic rings. The Morgan fingerprint density at radius 1 is 0.808 bits per heavy atom. The fourth-order valence-corrected chi connectivity index (χ4v) is 3.19. The second kappa shape index (κ2) is 12.6. The molecule has 1 heterocycles. The van der Waals surface area contributed by atoms with Crippen LogP contribution < -0.4 is 5.73 Å². The quantitative estimate of drug-likeness (QED) is 0.441. The molecule has 0 spiro atoms. The predicted octanol–water partition coefficient (Wildman–Crippen LogP) is 5.69. The molecule has 0 unspecified atom stereocenters. The van der Waals surface area contributed by atoms with Gasteiger partial charge in [0.2, 0.25) is 0 Å². The number of hydrogen-bond acceptors (Lipinski definition) is 4. The lowest BCUT2D eigenvalue weighted by Gasteiger charge is -2.06.